The zero-order valence-corrected chi connectivity index (χ0v) is 12.5. The summed E-state index contributed by atoms with van der Waals surface area (Å²) in [6.45, 7) is 0.398. The highest BCUT2D eigenvalue weighted by atomic mass is 79.9. The molecule has 2 rings (SSSR count). The summed E-state index contributed by atoms with van der Waals surface area (Å²) < 4.78 is 11.6. The summed E-state index contributed by atoms with van der Waals surface area (Å²) in [5.74, 6) is 1.59. The Kier molecular flexibility index (Phi) is 4.63. The number of hydrogen-bond acceptors (Lipinski definition) is 4. The van der Waals surface area contributed by atoms with Gasteiger partial charge in [0, 0.05) is 23.3 Å². The Bertz CT molecular complexity index is 571. The first-order valence-corrected chi connectivity index (χ1v) is 6.66. The number of rotatable bonds is 4. The minimum atomic E-state index is 0.334. The van der Waals surface area contributed by atoms with Gasteiger partial charge >= 0.3 is 0 Å². The highest BCUT2D eigenvalue weighted by Gasteiger charge is 2.08. The number of halogens is 2. The number of ether oxygens (including phenoxy) is 2. The summed E-state index contributed by atoms with van der Waals surface area (Å²) in [6, 6.07) is 7.14. The number of hydrogen-bond donors (Lipinski definition) is 1. The smallest absolute Gasteiger partial charge is 0.238 e. The average molecular weight is 344 g/mol. The largest absolute Gasteiger partial charge is 0.497 e. The van der Waals surface area contributed by atoms with E-state index in [2.05, 4.69) is 20.9 Å². The number of benzene rings is 1. The molecule has 0 bridgehead atoms. The van der Waals surface area contributed by atoms with Gasteiger partial charge in [-0.05, 0) is 39.7 Å². The van der Waals surface area contributed by atoms with Crippen molar-refractivity contribution >= 4 is 27.5 Å². The van der Waals surface area contributed by atoms with Crippen molar-refractivity contribution in [2.75, 3.05) is 7.11 Å². The molecule has 0 unspecified atom stereocenters. The standard InChI is InChI=1S/C13H12BrClN2O2/c1-18-10-2-8(6-16)3-11(5-10)19-13-12(15)4-9(14)7-17-13/h2-5,7H,6,16H2,1H3. The van der Waals surface area contributed by atoms with Crippen molar-refractivity contribution in [2.45, 2.75) is 6.54 Å². The second kappa shape index (κ2) is 6.23. The third kappa shape index (κ3) is 3.59. The highest BCUT2D eigenvalue weighted by molar-refractivity contribution is 9.10. The third-order valence-electron chi connectivity index (χ3n) is 2.40. The van der Waals surface area contributed by atoms with Crippen LogP contribution in [-0.2, 0) is 6.54 Å². The monoisotopic (exact) mass is 342 g/mol. The van der Waals surface area contributed by atoms with Crippen molar-refractivity contribution in [3.63, 3.8) is 0 Å². The molecule has 6 heteroatoms. The second-order valence-electron chi connectivity index (χ2n) is 3.76. The lowest BCUT2D eigenvalue weighted by atomic mass is 10.2. The second-order valence-corrected chi connectivity index (χ2v) is 5.09. The van der Waals surface area contributed by atoms with Gasteiger partial charge in [0.25, 0.3) is 0 Å². The SMILES string of the molecule is COc1cc(CN)cc(Oc2ncc(Br)cc2Cl)c1. The van der Waals surface area contributed by atoms with E-state index in [0.717, 1.165) is 10.0 Å². The van der Waals surface area contributed by atoms with Gasteiger partial charge in [-0.1, -0.05) is 11.6 Å². The van der Waals surface area contributed by atoms with Crippen LogP contribution in [0.15, 0.2) is 34.9 Å². The zero-order valence-electron chi connectivity index (χ0n) is 10.2. The Hall–Kier alpha value is -1.30. The maximum atomic E-state index is 6.05. The van der Waals surface area contributed by atoms with E-state index in [0.29, 0.717) is 28.9 Å². The topological polar surface area (TPSA) is 57.4 Å². The molecule has 1 aromatic carbocycles. The number of aromatic nitrogens is 1. The lowest BCUT2D eigenvalue weighted by Gasteiger charge is -2.10. The van der Waals surface area contributed by atoms with E-state index in [9.17, 15) is 0 Å². The first-order chi connectivity index (χ1) is 9.12. The van der Waals surface area contributed by atoms with E-state index in [1.165, 1.54) is 0 Å². The molecule has 4 nitrogen and oxygen atoms in total. The van der Waals surface area contributed by atoms with Crippen LogP contribution in [-0.4, -0.2) is 12.1 Å². The fourth-order valence-electron chi connectivity index (χ4n) is 1.51. The van der Waals surface area contributed by atoms with E-state index in [1.807, 2.05) is 12.1 Å². The van der Waals surface area contributed by atoms with Crippen LogP contribution >= 0.6 is 27.5 Å². The molecule has 0 aliphatic rings. The molecule has 1 aromatic heterocycles. The molecule has 0 saturated heterocycles. The van der Waals surface area contributed by atoms with Crippen LogP contribution in [0.2, 0.25) is 5.02 Å². The lowest BCUT2D eigenvalue weighted by Crippen LogP contribution is -1.98. The van der Waals surface area contributed by atoms with E-state index >= 15 is 0 Å². The normalized spacial score (nSPS) is 10.3. The van der Waals surface area contributed by atoms with Crippen molar-refractivity contribution in [3.8, 4) is 17.4 Å². The number of methoxy groups -OCH3 is 1. The molecule has 0 saturated carbocycles. The van der Waals surface area contributed by atoms with Gasteiger partial charge in [-0.2, -0.15) is 0 Å². The molecule has 0 spiro atoms. The van der Waals surface area contributed by atoms with E-state index in [4.69, 9.17) is 26.8 Å². The maximum absolute atomic E-state index is 6.05. The van der Waals surface area contributed by atoms with Crippen molar-refractivity contribution < 1.29 is 9.47 Å². The fourth-order valence-corrected chi connectivity index (χ4v) is 2.18. The zero-order chi connectivity index (χ0) is 13.8. The van der Waals surface area contributed by atoms with Gasteiger partial charge in [0.15, 0.2) is 0 Å². The van der Waals surface area contributed by atoms with E-state index in [-0.39, 0.29) is 0 Å². The maximum Gasteiger partial charge on any atom is 0.238 e. The van der Waals surface area contributed by atoms with Crippen molar-refractivity contribution in [3.05, 3.63) is 45.5 Å². The van der Waals surface area contributed by atoms with E-state index in [1.54, 1.807) is 25.4 Å². The summed E-state index contributed by atoms with van der Waals surface area (Å²) in [6.07, 6.45) is 1.62. The first kappa shape index (κ1) is 14.1. The van der Waals surface area contributed by atoms with Gasteiger partial charge in [0.2, 0.25) is 5.88 Å². The minimum absolute atomic E-state index is 0.334. The lowest BCUT2D eigenvalue weighted by molar-refractivity contribution is 0.406. The van der Waals surface area contributed by atoms with Gasteiger partial charge in [-0.25, -0.2) is 4.98 Å². The summed E-state index contributed by atoms with van der Waals surface area (Å²) >= 11 is 9.34. The Labute approximate surface area is 124 Å². The molecule has 0 aliphatic carbocycles. The van der Waals surface area contributed by atoms with Crippen LogP contribution in [0.25, 0.3) is 0 Å². The molecular formula is C13H12BrClN2O2. The van der Waals surface area contributed by atoms with Crippen molar-refractivity contribution in [1.29, 1.82) is 0 Å². The molecule has 0 aliphatic heterocycles. The molecule has 0 amide bonds. The Morgan fingerprint density at radius 3 is 2.63 bits per heavy atom. The predicted octanol–water partition coefficient (Wildman–Crippen LogP) is 3.76. The average Bonchev–Trinajstić information content (AvgIpc) is 2.41. The minimum Gasteiger partial charge on any atom is -0.497 e. The summed E-state index contributed by atoms with van der Waals surface area (Å²) in [5, 5.41) is 0.423. The molecule has 2 aromatic rings. The van der Waals surface area contributed by atoms with Crippen LogP contribution in [0.1, 0.15) is 5.56 Å². The fraction of sp³-hybridized carbons (Fsp3) is 0.154. The third-order valence-corrected chi connectivity index (χ3v) is 3.10. The molecule has 0 radical (unpaired) electrons. The molecule has 2 N–H and O–H groups in total. The van der Waals surface area contributed by atoms with Crippen molar-refractivity contribution in [2.24, 2.45) is 5.73 Å². The number of nitrogens with zero attached hydrogens (tertiary/aromatic N) is 1. The van der Waals surface area contributed by atoms with Gasteiger partial charge in [0.05, 0.1) is 7.11 Å². The quantitative estimate of drug-likeness (QED) is 0.918. The Morgan fingerprint density at radius 1 is 1.26 bits per heavy atom. The van der Waals surface area contributed by atoms with Crippen molar-refractivity contribution in [1.82, 2.24) is 4.98 Å². The van der Waals surface area contributed by atoms with Crippen LogP contribution in [0, 0.1) is 0 Å². The Morgan fingerprint density at radius 2 is 2.00 bits per heavy atom. The summed E-state index contributed by atoms with van der Waals surface area (Å²) in [7, 11) is 1.59. The van der Waals surface area contributed by atoms with Crippen LogP contribution < -0.4 is 15.2 Å². The number of pyridine rings is 1. The highest BCUT2D eigenvalue weighted by Crippen LogP contribution is 2.31. The van der Waals surface area contributed by atoms with E-state index < -0.39 is 0 Å². The Balaban J connectivity index is 2.31. The molecule has 100 valence electrons. The molecule has 19 heavy (non-hydrogen) atoms. The van der Waals surface area contributed by atoms with Gasteiger partial charge < -0.3 is 15.2 Å². The van der Waals surface area contributed by atoms with Gasteiger partial charge in [-0.3, -0.25) is 0 Å². The summed E-state index contributed by atoms with van der Waals surface area (Å²) in [4.78, 5) is 4.11. The number of nitrogens with two attached hydrogens (primary N) is 1. The van der Waals surface area contributed by atoms with Gasteiger partial charge in [0.1, 0.15) is 16.5 Å². The summed E-state index contributed by atoms with van der Waals surface area (Å²) in [5.41, 5.74) is 6.53. The van der Waals surface area contributed by atoms with Crippen LogP contribution in [0.4, 0.5) is 0 Å². The molecule has 0 atom stereocenters. The van der Waals surface area contributed by atoms with Crippen LogP contribution in [0.5, 0.6) is 17.4 Å². The molecule has 0 fully saturated rings. The predicted molar refractivity (Wildman–Crippen MR) is 77.9 cm³/mol. The van der Waals surface area contributed by atoms with Gasteiger partial charge in [-0.15, -0.1) is 0 Å². The van der Waals surface area contributed by atoms with Crippen LogP contribution in [0.3, 0.4) is 0 Å². The first-order valence-electron chi connectivity index (χ1n) is 5.49. The molecule has 1 heterocycles. The molecular weight excluding hydrogens is 332 g/mol.